The van der Waals surface area contributed by atoms with Gasteiger partial charge < -0.3 is 4.43 Å². The molecule has 0 bridgehead atoms. The van der Waals surface area contributed by atoms with E-state index >= 15 is 0 Å². The highest BCUT2D eigenvalue weighted by molar-refractivity contribution is 6.99. The average Bonchev–Trinajstić information content (AvgIpc) is 3.27. The van der Waals surface area contributed by atoms with E-state index in [1.54, 1.807) is 0 Å². The van der Waals surface area contributed by atoms with E-state index < -0.39 is 38.4 Å². The van der Waals surface area contributed by atoms with Crippen molar-refractivity contribution in [3.63, 3.8) is 0 Å². The molecule has 0 heterocycles. The third-order valence-corrected chi connectivity index (χ3v) is 12.3. The Morgan fingerprint density at radius 3 is 1.73 bits per heavy atom. The Kier molecular flexibility index (Phi) is 6.16. The van der Waals surface area contributed by atoms with Crippen LogP contribution in [-0.2, 0) is 14.0 Å². The van der Waals surface area contributed by atoms with Crippen molar-refractivity contribution in [1.82, 2.24) is 0 Å². The number of carbonyl (C=O) groups excluding carboxylic acids is 2. The van der Waals surface area contributed by atoms with E-state index in [9.17, 15) is 22.8 Å². The minimum atomic E-state index is -4.95. The van der Waals surface area contributed by atoms with Gasteiger partial charge in [0, 0.05) is 12.0 Å². The quantitative estimate of drug-likeness (QED) is 0.432. The maximum Gasteiger partial charge on any atom is 0.450 e. The Morgan fingerprint density at radius 2 is 1.33 bits per heavy atom. The molecule has 3 nitrogen and oxygen atoms in total. The summed E-state index contributed by atoms with van der Waals surface area (Å²) in [7, 11) is -2.71. The van der Waals surface area contributed by atoms with Crippen LogP contribution in [0, 0.1) is 17.8 Å². The Morgan fingerprint density at radius 1 is 0.879 bits per heavy atom. The molecule has 2 aromatic carbocycles. The van der Waals surface area contributed by atoms with Crippen LogP contribution in [0.1, 0.15) is 40.0 Å². The predicted octanol–water partition coefficient (Wildman–Crippen LogP) is 4.68. The second-order valence-electron chi connectivity index (χ2n) is 10.3. The molecule has 0 amide bonds. The third-order valence-electron chi connectivity index (χ3n) is 7.18. The fraction of sp³-hybridized carbons (Fsp3) is 0.462. The zero-order valence-corrected chi connectivity index (χ0v) is 20.1. The van der Waals surface area contributed by atoms with Gasteiger partial charge in [-0.1, -0.05) is 81.4 Å². The van der Waals surface area contributed by atoms with Crippen molar-refractivity contribution in [3.8, 4) is 0 Å². The molecule has 176 valence electrons. The molecule has 4 atom stereocenters. The summed E-state index contributed by atoms with van der Waals surface area (Å²) in [5.74, 6) is -2.92. The van der Waals surface area contributed by atoms with Gasteiger partial charge in [-0.05, 0) is 40.1 Å². The summed E-state index contributed by atoms with van der Waals surface area (Å²) in [6.45, 7) is 6.60. The maximum absolute atomic E-state index is 12.5. The first kappa shape index (κ1) is 23.9. The van der Waals surface area contributed by atoms with Gasteiger partial charge >= 0.3 is 6.18 Å². The SMILES string of the molecule is CC(C)(C)[Si](OC1CC2C(C(=O)CC(=O)C(F)(F)F)[C@@H]2C1)(c1ccccc1)c1ccccc1. The van der Waals surface area contributed by atoms with Crippen molar-refractivity contribution in [2.45, 2.75) is 57.4 Å². The molecule has 0 N–H and O–H groups in total. The molecule has 0 spiro atoms. The first-order valence-corrected chi connectivity index (χ1v) is 13.3. The van der Waals surface area contributed by atoms with E-state index in [1.807, 2.05) is 36.4 Å². The van der Waals surface area contributed by atoms with E-state index in [-0.39, 0.29) is 23.0 Å². The second kappa shape index (κ2) is 8.51. The Labute approximate surface area is 193 Å². The summed E-state index contributed by atoms with van der Waals surface area (Å²) in [6, 6.07) is 20.5. The van der Waals surface area contributed by atoms with Crippen molar-refractivity contribution in [2.75, 3.05) is 0 Å². The number of alkyl halides is 3. The number of halogens is 3. The van der Waals surface area contributed by atoms with Gasteiger partial charge in [-0.25, -0.2) is 0 Å². The minimum Gasteiger partial charge on any atom is -0.404 e. The van der Waals surface area contributed by atoms with Crippen molar-refractivity contribution in [3.05, 3.63) is 60.7 Å². The zero-order chi connectivity index (χ0) is 24.0. The highest BCUT2D eigenvalue weighted by Crippen LogP contribution is 2.59. The maximum atomic E-state index is 12.5. The van der Waals surface area contributed by atoms with Gasteiger partial charge in [0.1, 0.15) is 5.78 Å². The standard InChI is InChI=1S/C26H29F3O3Si/c1-25(2,3)33(18-10-6-4-7-11-18,19-12-8-5-9-13-19)32-17-14-20-21(15-17)24(20)22(30)16-23(31)26(27,28)29/h4-13,17,20-21,24H,14-16H2,1-3H3/t17?,20-,21?,24?/m1/s1. The molecule has 2 aliphatic carbocycles. The van der Waals surface area contributed by atoms with Crippen molar-refractivity contribution < 1.29 is 27.2 Å². The molecule has 0 aliphatic heterocycles. The monoisotopic (exact) mass is 474 g/mol. The van der Waals surface area contributed by atoms with Crippen LogP contribution in [0.25, 0.3) is 0 Å². The smallest absolute Gasteiger partial charge is 0.404 e. The number of ketones is 2. The predicted molar refractivity (Wildman–Crippen MR) is 123 cm³/mol. The number of Topliss-reactive ketones (excluding diaryl/α,β-unsaturated/α-hetero) is 2. The number of hydrogen-bond acceptors (Lipinski definition) is 3. The molecule has 0 aromatic heterocycles. The van der Waals surface area contributed by atoms with Gasteiger partial charge in [0.15, 0.2) is 0 Å². The van der Waals surface area contributed by atoms with Gasteiger partial charge in [0.05, 0.1) is 6.42 Å². The lowest BCUT2D eigenvalue weighted by atomic mass is 10.0. The summed E-state index contributed by atoms with van der Waals surface area (Å²) in [4.78, 5) is 23.6. The van der Waals surface area contributed by atoms with Crippen molar-refractivity contribution in [1.29, 1.82) is 0 Å². The van der Waals surface area contributed by atoms with Gasteiger partial charge in [0.25, 0.3) is 8.32 Å². The molecule has 2 fully saturated rings. The molecular formula is C26H29F3O3Si. The molecule has 2 aliphatic rings. The molecule has 33 heavy (non-hydrogen) atoms. The van der Waals surface area contributed by atoms with E-state index in [1.165, 1.54) is 10.4 Å². The second-order valence-corrected chi connectivity index (χ2v) is 14.5. The van der Waals surface area contributed by atoms with Crippen molar-refractivity contribution in [2.24, 2.45) is 17.8 Å². The molecular weight excluding hydrogens is 445 g/mol. The number of rotatable bonds is 7. The number of hydrogen-bond donors (Lipinski definition) is 0. The number of benzene rings is 2. The zero-order valence-electron chi connectivity index (χ0n) is 19.1. The van der Waals surface area contributed by atoms with Gasteiger partial charge in [-0.2, -0.15) is 13.2 Å². The minimum absolute atomic E-state index is 0.0155. The van der Waals surface area contributed by atoms with E-state index in [4.69, 9.17) is 4.43 Å². The third kappa shape index (κ3) is 4.45. The highest BCUT2D eigenvalue weighted by Gasteiger charge is 2.62. The van der Waals surface area contributed by atoms with Crippen LogP contribution in [0.15, 0.2) is 60.7 Å². The molecule has 7 heteroatoms. The lowest BCUT2D eigenvalue weighted by Gasteiger charge is -2.45. The number of carbonyl (C=O) groups is 2. The number of fused-ring (bicyclic) bond motifs is 1. The lowest BCUT2D eigenvalue weighted by molar-refractivity contribution is -0.172. The molecule has 3 unspecified atom stereocenters. The van der Waals surface area contributed by atoms with E-state index in [0.717, 1.165) is 0 Å². The summed E-state index contributed by atoms with van der Waals surface area (Å²) in [5, 5.41) is 2.18. The van der Waals surface area contributed by atoms with Gasteiger partial charge in [0.2, 0.25) is 5.78 Å². The Balaban J connectivity index is 1.55. The van der Waals surface area contributed by atoms with Crippen LogP contribution in [0.3, 0.4) is 0 Å². The topological polar surface area (TPSA) is 43.4 Å². The van der Waals surface area contributed by atoms with Crippen LogP contribution in [0.4, 0.5) is 13.2 Å². The Bertz CT molecular complexity index is 963. The first-order valence-electron chi connectivity index (χ1n) is 11.4. The molecule has 0 radical (unpaired) electrons. The van der Waals surface area contributed by atoms with E-state index in [2.05, 4.69) is 45.0 Å². The fourth-order valence-electron chi connectivity index (χ4n) is 5.68. The van der Waals surface area contributed by atoms with Crippen LogP contribution in [0.5, 0.6) is 0 Å². The van der Waals surface area contributed by atoms with Gasteiger partial charge in [-0.3, -0.25) is 9.59 Å². The molecule has 2 aromatic rings. The molecule has 0 saturated heterocycles. The van der Waals surface area contributed by atoms with Crippen LogP contribution >= 0.6 is 0 Å². The summed E-state index contributed by atoms with van der Waals surface area (Å²) in [6.07, 6.45) is -4.76. The molecule has 4 rings (SSSR count). The largest absolute Gasteiger partial charge is 0.450 e. The van der Waals surface area contributed by atoms with Crippen molar-refractivity contribution >= 4 is 30.3 Å². The van der Waals surface area contributed by atoms with Gasteiger partial charge in [-0.15, -0.1) is 0 Å². The summed E-state index contributed by atoms with van der Waals surface area (Å²) in [5.41, 5.74) is 0. The average molecular weight is 475 g/mol. The fourth-order valence-corrected chi connectivity index (χ4v) is 10.4. The van der Waals surface area contributed by atoms with Crippen LogP contribution in [0.2, 0.25) is 5.04 Å². The highest BCUT2D eigenvalue weighted by atomic mass is 28.4. The lowest BCUT2D eigenvalue weighted by Crippen LogP contribution is -2.67. The summed E-state index contributed by atoms with van der Waals surface area (Å²) >= 11 is 0. The van der Waals surface area contributed by atoms with Crippen LogP contribution in [-0.4, -0.2) is 32.2 Å². The normalized spacial score (nSPS) is 24.9. The molecule has 2 saturated carbocycles. The van der Waals surface area contributed by atoms with Crippen LogP contribution < -0.4 is 10.4 Å². The van der Waals surface area contributed by atoms with E-state index in [0.29, 0.717) is 12.8 Å². The summed E-state index contributed by atoms with van der Waals surface area (Å²) < 4.78 is 44.7. The Hall–Kier alpha value is -2.25. The first-order chi connectivity index (χ1) is 15.4.